The lowest BCUT2D eigenvalue weighted by atomic mass is 9.91. The van der Waals surface area contributed by atoms with E-state index in [1.54, 1.807) is 49.2 Å². The molecule has 2 atom stereocenters. The van der Waals surface area contributed by atoms with Crippen molar-refractivity contribution in [1.29, 1.82) is 0 Å². The first-order valence-corrected chi connectivity index (χ1v) is 12.6. The third kappa shape index (κ3) is 4.92. The Labute approximate surface area is 200 Å². The van der Waals surface area contributed by atoms with Crippen LogP contribution in [0.15, 0.2) is 72.3 Å². The van der Waals surface area contributed by atoms with Crippen LogP contribution in [-0.2, 0) is 16.2 Å². The van der Waals surface area contributed by atoms with Crippen LogP contribution in [0.2, 0.25) is 0 Å². The van der Waals surface area contributed by atoms with Crippen LogP contribution in [0.4, 0.5) is 13.2 Å². The summed E-state index contributed by atoms with van der Waals surface area (Å²) in [5.74, 6) is 0. The van der Waals surface area contributed by atoms with Crippen molar-refractivity contribution in [3.8, 4) is 11.1 Å². The maximum atomic E-state index is 13.8. The molecule has 0 unspecified atom stereocenters. The average molecular weight is 502 g/mol. The highest BCUT2D eigenvalue weighted by atomic mass is 32.2. The van der Waals surface area contributed by atoms with Crippen LogP contribution in [-0.4, -0.2) is 34.2 Å². The van der Waals surface area contributed by atoms with Crippen molar-refractivity contribution in [2.75, 3.05) is 0 Å². The lowest BCUT2D eigenvalue weighted by Gasteiger charge is -2.30. The Balaban J connectivity index is 1.52. The summed E-state index contributed by atoms with van der Waals surface area (Å²) in [5, 5.41) is 8.34. The number of benzene rings is 2. The zero-order valence-corrected chi connectivity index (χ0v) is 19.3. The molecule has 1 N–H and O–H groups in total. The van der Waals surface area contributed by atoms with Gasteiger partial charge in [0, 0.05) is 29.2 Å². The van der Waals surface area contributed by atoms with Crippen LogP contribution in [0.5, 0.6) is 0 Å². The van der Waals surface area contributed by atoms with Crippen LogP contribution < -0.4 is 4.72 Å². The van der Waals surface area contributed by atoms with Crippen LogP contribution in [0.1, 0.15) is 37.3 Å². The number of sulfonamides is 1. The minimum absolute atomic E-state index is 0.0188. The van der Waals surface area contributed by atoms with Gasteiger partial charge < -0.3 is 4.57 Å². The first kappa shape index (κ1) is 23.4. The summed E-state index contributed by atoms with van der Waals surface area (Å²) in [6, 6.07) is 11.2. The molecule has 182 valence electrons. The Kier molecular flexibility index (Phi) is 6.06. The summed E-state index contributed by atoms with van der Waals surface area (Å²) in [5.41, 5.74) is 0.0236. The van der Waals surface area contributed by atoms with Crippen LogP contribution >= 0.6 is 0 Å². The van der Waals surface area contributed by atoms with Crippen molar-refractivity contribution in [1.82, 2.24) is 24.5 Å². The number of nitrogens with one attached hydrogen (secondary N) is 1. The molecule has 1 aliphatic rings. The highest BCUT2D eigenvalue weighted by Gasteiger charge is 2.34. The third-order valence-corrected chi connectivity index (χ3v) is 7.81. The highest BCUT2D eigenvalue weighted by molar-refractivity contribution is 7.89. The number of hydrogen-bond donors (Lipinski definition) is 1. The Bertz CT molecular complexity index is 1450. The summed E-state index contributed by atoms with van der Waals surface area (Å²) in [7, 11) is -4.23. The molecule has 35 heavy (non-hydrogen) atoms. The number of hydrogen-bond acceptors (Lipinski definition) is 5. The van der Waals surface area contributed by atoms with Gasteiger partial charge in [-0.25, -0.2) is 13.1 Å². The zero-order valence-electron chi connectivity index (χ0n) is 18.5. The van der Waals surface area contributed by atoms with Gasteiger partial charge in [-0.05, 0) is 55.5 Å². The van der Waals surface area contributed by atoms with Crippen molar-refractivity contribution in [3.05, 3.63) is 72.9 Å². The molecule has 1 saturated carbocycles. The Morgan fingerprint density at radius 2 is 1.77 bits per heavy atom. The van der Waals surface area contributed by atoms with Gasteiger partial charge >= 0.3 is 6.18 Å². The summed E-state index contributed by atoms with van der Waals surface area (Å²) in [6.07, 6.45) is 2.70. The number of nitrogens with zero attached hydrogens (tertiary/aromatic N) is 4. The Morgan fingerprint density at radius 1 is 1.00 bits per heavy atom. The molecule has 2 aromatic carbocycles. The van der Waals surface area contributed by atoms with E-state index < -0.39 is 32.7 Å². The van der Waals surface area contributed by atoms with E-state index in [1.165, 1.54) is 6.07 Å². The summed E-state index contributed by atoms with van der Waals surface area (Å²) >= 11 is 0. The van der Waals surface area contributed by atoms with Gasteiger partial charge in [0.05, 0.1) is 16.0 Å². The number of para-hydroxylation sites is 1. The number of fused-ring (bicyclic) bond motifs is 1. The second kappa shape index (κ2) is 9.04. The number of halogens is 3. The molecule has 0 bridgehead atoms. The Morgan fingerprint density at radius 3 is 2.54 bits per heavy atom. The predicted molar refractivity (Wildman–Crippen MR) is 124 cm³/mol. The monoisotopic (exact) mass is 501 g/mol. The van der Waals surface area contributed by atoms with Gasteiger partial charge in [0.25, 0.3) is 0 Å². The van der Waals surface area contributed by atoms with E-state index in [1.807, 2.05) is 4.57 Å². The van der Waals surface area contributed by atoms with Crippen molar-refractivity contribution >= 4 is 20.9 Å². The topological polar surface area (TPSA) is 89.8 Å². The van der Waals surface area contributed by atoms with Crippen molar-refractivity contribution in [2.24, 2.45) is 0 Å². The lowest BCUT2D eigenvalue weighted by Crippen LogP contribution is -2.38. The van der Waals surface area contributed by atoms with Crippen molar-refractivity contribution in [3.63, 3.8) is 0 Å². The number of pyridine rings is 1. The molecule has 2 aromatic heterocycles. The molecule has 1 aliphatic carbocycles. The van der Waals surface area contributed by atoms with Gasteiger partial charge in [0.1, 0.15) is 12.7 Å². The molecule has 7 nitrogen and oxygen atoms in total. The molecule has 0 amide bonds. The van der Waals surface area contributed by atoms with E-state index in [2.05, 4.69) is 19.9 Å². The number of aromatic nitrogens is 4. The third-order valence-electron chi connectivity index (χ3n) is 6.31. The van der Waals surface area contributed by atoms with E-state index in [4.69, 9.17) is 0 Å². The molecule has 1 fully saturated rings. The summed E-state index contributed by atoms with van der Waals surface area (Å²) < 4.78 is 72.4. The van der Waals surface area contributed by atoms with Crippen LogP contribution in [0.3, 0.4) is 0 Å². The average Bonchev–Trinajstić information content (AvgIpc) is 3.38. The summed E-state index contributed by atoms with van der Waals surface area (Å²) in [6.45, 7) is 0. The molecule has 0 saturated heterocycles. The minimum Gasteiger partial charge on any atom is -0.317 e. The van der Waals surface area contributed by atoms with E-state index >= 15 is 0 Å². The quantitative estimate of drug-likeness (QED) is 0.417. The second-order valence-corrected chi connectivity index (χ2v) is 10.4. The normalized spacial score (nSPS) is 19.2. The SMILES string of the molecule is O=S(=O)(N[C@H]1CCC[C@@H](n2cnnc2)C1)c1cc(-c2cccc3cccnc23)cc(C(F)(F)F)c1. The standard InChI is InChI=1S/C24H22F3N5O2S/c25-24(26,27)18-10-17(22-8-1-4-16-5-3-9-28-23(16)22)11-21(12-18)35(33,34)31-19-6-2-7-20(13-19)32-14-29-30-15-32/h1,3-5,8-12,14-15,19-20,31H,2,6-7,13H2/t19-,20+/m0/s1. The molecule has 0 spiro atoms. The lowest BCUT2D eigenvalue weighted by molar-refractivity contribution is -0.137. The van der Waals surface area contributed by atoms with Gasteiger partial charge in [0.15, 0.2) is 0 Å². The fourth-order valence-electron chi connectivity index (χ4n) is 4.64. The number of alkyl halides is 3. The van der Waals surface area contributed by atoms with Gasteiger partial charge in [-0.3, -0.25) is 4.98 Å². The molecular formula is C24H22F3N5O2S. The van der Waals surface area contributed by atoms with Gasteiger partial charge in [-0.15, -0.1) is 10.2 Å². The van der Waals surface area contributed by atoms with E-state index in [0.717, 1.165) is 24.3 Å². The molecule has 11 heteroatoms. The van der Waals surface area contributed by atoms with Gasteiger partial charge in [0.2, 0.25) is 10.0 Å². The smallest absolute Gasteiger partial charge is 0.317 e. The fourth-order valence-corrected chi connectivity index (χ4v) is 5.99. The van der Waals surface area contributed by atoms with E-state index in [-0.39, 0.29) is 11.6 Å². The number of rotatable bonds is 5. The maximum absolute atomic E-state index is 13.8. The fraction of sp³-hybridized carbons (Fsp3) is 0.292. The predicted octanol–water partition coefficient (Wildman–Crippen LogP) is 4.97. The first-order chi connectivity index (χ1) is 16.7. The second-order valence-electron chi connectivity index (χ2n) is 8.67. The van der Waals surface area contributed by atoms with E-state index in [9.17, 15) is 21.6 Å². The van der Waals surface area contributed by atoms with Crippen molar-refractivity contribution < 1.29 is 21.6 Å². The van der Waals surface area contributed by atoms with Crippen LogP contribution in [0.25, 0.3) is 22.0 Å². The maximum Gasteiger partial charge on any atom is 0.416 e. The van der Waals surface area contributed by atoms with Gasteiger partial charge in [-0.1, -0.05) is 24.3 Å². The molecule has 0 aliphatic heterocycles. The van der Waals surface area contributed by atoms with Crippen LogP contribution in [0, 0.1) is 0 Å². The molecular weight excluding hydrogens is 479 g/mol. The molecule has 0 radical (unpaired) electrons. The Hall–Kier alpha value is -3.31. The first-order valence-electron chi connectivity index (χ1n) is 11.1. The molecule has 2 heterocycles. The largest absolute Gasteiger partial charge is 0.416 e. The van der Waals surface area contributed by atoms with E-state index in [0.29, 0.717) is 30.0 Å². The molecule has 5 rings (SSSR count). The van der Waals surface area contributed by atoms with Gasteiger partial charge in [-0.2, -0.15) is 13.2 Å². The summed E-state index contributed by atoms with van der Waals surface area (Å²) in [4.78, 5) is 3.88. The minimum atomic E-state index is -4.72. The highest BCUT2D eigenvalue weighted by Crippen LogP contribution is 2.37. The van der Waals surface area contributed by atoms with Crippen molar-refractivity contribution in [2.45, 2.75) is 48.8 Å². The zero-order chi connectivity index (χ0) is 24.6. The molecule has 4 aromatic rings.